The van der Waals surface area contributed by atoms with E-state index in [1.54, 1.807) is 13.2 Å². The minimum atomic E-state index is -0.190. The largest absolute Gasteiger partial charge is 0.379 e. The zero-order chi connectivity index (χ0) is 9.31. The van der Waals surface area contributed by atoms with E-state index in [-0.39, 0.29) is 17.6 Å². The summed E-state index contributed by atoms with van der Waals surface area (Å²) in [4.78, 5) is 11.1. The van der Waals surface area contributed by atoms with Crippen LogP contribution in [-0.2, 0) is 9.53 Å². The molecule has 3 nitrogen and oxygen atoms in total. The lowest BCUT2D eigenvalue weighted by Crippen LogP contribution is -2.54. The summed E-state index contributed by atoms with van der Waals surface area (Å²) < 4.78 is 5.41. The Morgan fingerprint density at radius 2 is 2.46 bits per heavy atom. The molecule has 0 bridgehead atoms. The molecule has 2 aliphatic rings. The monoisotopic (exact) mass is 181 g/mol. The van der Waals surface area contributed by atoms with E-state index in [1.807, 2.05) is 6.08 Å². The highest BCUT2D eigenvalue weighted by Gasteiger charge is 2.42. The lowest BCUT2D eigenvalue weighted by atomic mass is 9.80. The maximum Gasteiger partial charge on any atom is 0.244 e. The fourth-order valence-electron chi connectivity index (χ4n) is 2.36. The number of methoxy groups -OCH3 is 1. The fraction of sp³-hybridized carbons (Fsp3) is 0.700. The third-order valence-corrected chi connectivity index (χ3v) is 3.05. The van der Waals surface area contributed by atoms with Crippen LogP contribution in [0.25, 0.3) is 0 Å². The highest BCUT2D eigenvalue weighted by Crippen LogP contribution is 2.33. The first-order valence-electron chi connectivity index (χ1n) is 4.81. The van der Waals surface area contributed by atoms with Gasteiger partial charge in [0, 0.05) is 13.2 Å². The van der Waals surface area contributed by atoms with Crippen molar-refractivity contribution in [1.29, 1.82) is 0 Å². The van der Waals surface area contributed by atoms with Crippen molar-refractivity contribution < 1.29 is 9.53 Å². The molecular weight excluding hydrogens is 166 g/mol. The smallest absolute Gasteiger partial charge is 0.244 e. The van der Waals surface area contributed by atoms with E-state index in [0.717, 1.165) is 12.8 Å². The van der Waals surface area contributed by atoms with E-state index in [2.05, 4.69) is 5.32 Å². The molecule has 3 heteroatoms. The van der Waals surface area contributed by atoms with Crippen molar-refractivity contribution in [3.05, 3.63) is 12.2 Å². The van der Waals surface area contributed by atoms with Crippen LogP contribution in [0.3, 0.4) is 0 Å². The van der Waals surface area contributed by atoms with Gasteiger partial charge in [0.05, 0.1) is 11.6 Å². The first-order valence-corrected chi connectivity index (χ1v) is 4.81. The first kappa shape index (κ1) is 8.75. The third-order valence-electron chi connectivity index (χ3n) is 3.05. The van der Waals surface area contributed by atoms with Gasteiger partial charge in [-0.05, 0) is 12.8 Å². The van der Waals surface area contributed by atoms with Crippen LogP contribution in [0.5, 0.6) is 0 Å². The zero-order valence-corrected chi connectivity index (χ0v) is 7.88. The van der Waals surface area contributed by atoms with Crippen LogP contribution >= 0.6 is 0 Å². The minimum Gasteiger partial charge on any atom is -0.379 e. The molecule has 0 saturated heterocycles. The summed E-state index contributed by atoms with van der Waals surface area (Å²) in [6.45, 7) is 0. The second-order valence-corrected chi connectivity index (χ2v) is 3.83. The topological polar surface area (TPSA) is 38.3 Å². The first-order chi connectivity index (χ1) is 6.27. The number of hydrogen-bond donors (Lipinski definition) is 1. The SMILES string of the molecule is COC1CCCCC12C=CC(=O)N2. The van der Waals surface area contributed by atoms with E-state index in [9.17, 15) is 4.79 Å². The Hall–Kier alpha value is -0.830. The van der Waals surface area contributed by atoms with Gasteiger partial charge >= 0.3 is 0 Å². The molecule has 13 heavy (non-hydrogen) atoms. The number of hydrogen-bond acceptors (Lipinski definition) is 2. The van der Waals surface area contributed by atoms with Crippen LogP contribution in [-0.4, -0.2) is 24.7 Å². The van der Waals surface area contributed by atoms with Crippen molar-refractivity contribution >= 4 is 5.91 Å². The Labute approximate surface area is 78.1 Å². The van der Waals surface area contributed by atoms with Crippen molar-refractivity contribution in [1.82, 2.24) is 5.32 Å². The number of amides is 1. The highest BCUT2D eigenvalue weighted by molar-refractivity contribution is 5.91. The van der Waals surface area contributed by atoms with Gasteiger partial charge in [0.1, 0.15) is 0 Å². The summed E-state index contributed by atoms with van der Waals surface area (Å²) in [5.74, 6) is 0.0175. The molecule has 2 rings (SSSR count). The van der Waals surface area contributed by atoms with Gasteiger partial charge in [0.2, 0.25) is 5.91 Å². The second-order valence-electron chi connectivity index (χ2n) is 3.83. The molecule has 1 fully saturated rings. The van der Waals surface area contributed by atoms with Gasteiger partial charge in [-0.1, -0.05) is 18.9 Å². The van der Waals surface area contributed by atoms with Gasteiger partial charge in [0.15, 0.2) is 0 Å². The Balaban J connectivity index is 2.18. The quantitative estimate of drug-likeness (QED) is 0.655. The summed E-state index contributed by atoms with van der Waals surface area (Å²) in [5.41, 5.74) is -0.190. The predicted octanol–water partition coefficient (Wildman–Crippen LogP) is 1.00. The van der Waals surface area contributed by atoms with E-state index in [4.69, 9.17) is 4.74 Å². The average molecular weight is 181 g/mol. The number of nitrogens with one attached hydrogen (secondary N) is 1. The van der Waals surface area contributed by atoms with Crippen LogP contribution in [0, 0.1) is 0 Å². The Morgan fingerprint density at radius 1 is 1.62 bits per heavy atom. The molecule has 1 amide bonds. The van der Waals surface area contributed by atoms with Crippen molar-refractivity contribution in [2.45, 2.75) is 37.3 Å². The number of rotatable bonds is 1. The molecule has 2 atom stereocenters. The van der Waals surface area contributed by atoms with Gasteiger partial charge in [-0.3, -0.25) is 4.79 Å². The summed E-state index contributed by atoms with van der Waals surface area (Å²) >= 11 is 0. The molecule has 1 aliphatic carbocycles. The molecule has 1 aliphatic heterocycles. The van der Waals surface area contributed by atoms with Gasteiger partial charge < -0.3 is 10.1 Å². The summed E-state index contributed by atoms with van der Waals surface area (Å²) in [5, 5.41) is 3.00. The van der Waals surface area contributed by atoms with Gasteiger partial charge in [-0.2, -0.15) is 0 Å². The Kier molecular flexibility index (Phi) is 2.12. The molecule has 2 unspecified atom stereocenters. The van der Waals surface area contributed by atoms with Crippen molar-refractivity contribution in [3.63, 3.8) is 0 Å². The van der Waals surface area contributed by atoms with Crippen LogP contribution in [0.15, 0.2) is 12.2 Å². The van der Waals surface area contributed by atoms with E-state index < -0.39 is 0 Å². The van der Waals surface area contributed by atoms with Gasteiger partial charge in [-0.15, -0.1) is 0 Å². The third kappa shape index (κ3) is 1.37. The van der Waals surface area contributed by atoms with E-state index in [1.165, 1.54) is 12.8 Å². The molecule has 1 saturated carbocycles. The molecule has 0 aromatic heterocycles. The Bertz CT molecular complexity index is 249. The normalized spacial score (nSPS) is 38.2. The summed E-state index contributed by atoms with van der Waals surface area (Å²) in [7, 11) is 1.72. The van der Waals surface area contributed by atoms with Crippen LogP contribution < -0.4 is 5.32 Å². The van der Waals surface area contributed by atoms with Crippen molar-refractivity contribution in [2.24, 2.45) is 0 Å². The molecule has 1 N–H and O–H groups in total. The van der Waals surface area contributed by atoms with Crippen LogP contribution in [0.1, 0.15) is 25.7 Å². The molecular formula is C10H15NO2. The summed E-state index contributed by atoms with van der Waals surface area (Å²) in [6.07, 6.45) is 8.17. The van der Waals surface area contributed by atoms with E-state index >= 15 is 0 Å². The molecule has 0 aromatic rings. The molecule has 0 radical (unpaired) electrons. The van der Waals surface area contributed by atoms with Crippen LogP contribution in [0.2, 0.25) is 0 Å². The standard InChI is InChI=1S/C10H15NO2/c1-13-8-4-2-3-6-10(8)7-5-9(12)11-10/h5,7-8H,2-4,6H2,1H3,(H,11,12). The lowest BCUT2D eigenvalue weighted by molar-refractivity contribution is -0.118. The second kappa shape index (κ2) is 3.14. The van der Waals surface area contributed by atoms with Crippen molar-refractivity contribution in [3.8, 4) is 0 Å². The predicted molar refractivity (Wildman–Crippen MR) is 49.3 cm³/mol. The maximum absolute atomic E-state index is 11.1. The molecule has 0 aromatic carbocycles. The lowest BCUT2D eigenvalue weighted by Gasteiger charge is -2.39. The van der Waals surface area contributed by atoms with E-state index in [0.29, 0.717) is 0 Å². The average Bonchev–Trinajstić information content (AvgIpc) is 2.49. The maximum atomic E-state index is 11.1. The number of ether oxygens (including phenoxy) is 1. The highest BCUT2D eigenvalue weighted by atomic mass is 16.5. The van der Waals surface area contributed by atoms with Crippen LogP contribution in [0.4, 0.5) is 0 Å². The molecule has 1 heterocycles. The fourth-order valence-corrected chi connectivity index (χ4v) is 2.36. The molecule has 72 valence electrons. The van der Waals surface area contributed by atoms with Crippen molar-refractivity contribution in [2.75, 3.05) is 7.11 Å². The van der Waals surface area contributed by atoms with Gasteiger partial charge in [-0.25, -0.2) is 0 Å². The van der Waals surface area contributed by atoms with Gasteiger partial charge in [0.25, 0.3) is 0 Å². The minimum absolute atomic E-state index is 0.0175. The zero-order valence-electron chi connectivity index (χ0n) is 7.88. The number of carbonyl (C=O) groups is 1. The number of carbonyl (C=O) groups excluding carboxylic acids is 1. The molecule has 1 spiro atoms. The Morgan fingerprint density at radius 3 is 3.08 bits per heavy atom. The summed E-state index contributed by atoms with van der Waals surface area (Å²) in [6, 6.07) is 0.